The Morgan fingerprint density at radius 2 is 0.586 bits per heavy atom. The molecule has 70 heavy (non-hydrogen) atoms. The Kier molecular flexibility index (Phi) is 6.77. The van der Waals surface area contributed by atoms with Crippen molar-refractivity contribution in [2.24, 2.45) is 0 Å². The van der Waals surface area contributed by atoms with Crippen molar-refractivity contribution in [1.29, 1.82) is 0 Å². The van der Waals surface area contributed by atoms with Crippen LogP contribution in [0, 0.1) is 0 Å². The molecule has 2 aliphatic carbocycles. The maximum Gasteiger partial charge on any atom is 0.196 e. The van der Waals surface area contributed by atoms with E-state index in [-0.39, 0.29) is 67.4 Å². The van der Waals surface area contributed by atoms with Gasteiger partial charge in [-0.05, 0) is 68.7 Å². The number of carbonyl (C=O) groups excluding carboxylic acids is 4. The molecule has 0 saturated heterocycles. The summed E-state index contributed by atoms with van der Waals surface area (Å²) in [5, 5.41) is 11.7. The van der Waals surface area contributed by atoms with Crippen LogP contribution in [-0.4, -0.2) is 32.5 Å². The van der Waals surface area contributed by atoms with Crippen molar-refractivity contribution in [2.45, 2.75) is 0 Å². The lowest BCUT2D eigenvalue weighted by molar-refractivity contribution is 0.0978. The first-order valence-electron chi connectivity index (χ1n) is 23.1. The lowest BCUT2D eigenvalue weighted by Gasteiger charge is -2.31. The minimum atomic E-state index is -0.343. The Morgan fingerprint density at radius 3 is 1.00 bits per heavy atom. The van der Waals surface area contributed by atoms with Crippen molar-refractivity contribution >= 4 is 120 Å². The van der Waals surface area contributed by atoms with Gasteiger partial charge < -0.3 is 0 Å². The number of hydrogen-bond acceptors (Lipinski definition) is 6. The monoisotopic (exact) mass is 896 g/mol. The zero-order chi connectivity index (χ0) is 46.6. The van der Waals surface area contributed by atoms with Gasteiger partial charge in [0.15, 0.2) is 34.0 Å². The predicted octanol–water partition coefficient (Wildman–Crippen LogP) is 12.2. The summed E-state index contributed by atoms with van der Waals surface area (Å²) in [6.45, 7) is 0. The van der Waals surface area contributed by atoms with E-state index in [0.29, 0.717) is 55.1 Å². The molecule has 0 spiro atoms. The highest BCUT2D eigenvalue weighted by molar-refractivity contribution is 6.47. The maximum absolute atomic E-state index is 15.3. The molecule has 14 aromatic rings. The third-order valence-electron chi connectivity index (χ3n) is 15.5. The molecule has 1 heterocycles. The van der Waals surface area contributed by atoms with E-state index in [1.165, 1.54) is 0 Å². The lowest BCUT2D eigenvalue weighted by atomic mass is 9.81. The third-order valence-corrected chi connectivity index (χ3v) is 15.5. The zero-order valence-corrected chi connectivity index (χ0v) is 36.5. The molecule has 0 fully saturated rings. The first kappa shape index (κ1) is 37.4. The molecular weight excluding hydrogens is 869 g/mol. The number of nitrogens with zero attached hydrogens (tertiary/aromatic N) is 2. The van der Waals surface area contributed by atoms with E-state index in [2.05, 4.69) is 12.1 Å². The highest BCUT2D eigenvalue weighted by atomic mass is 16.1. The fourth-order valence-corrected chi connectivity index (χ4v) is 12.6. The van der Waals surface area contributed by atoms with Gasteiger partial charge in [-0.3, -0.25) is 28.8 Å². The van der Waals surface area contributed by atoms with Crippen LogP contribution in [0.2, 0.25) is 0 Å². The Hall–Kier alpha value is -9.66. The molecule has 8 heteroatoms. The normalized spacial score (nSPS) is 13.7. The summed E-state index contributed by atoms with van der Waals surface area (Å²) >= 11 is 0. The van der Waals surface area contributed by atoms with Crippen LogP contribution in [0.5, 0.6) is 0 Å². The Morgan fingerprint density at radius 1 is 0.243 bits per heavy atom. The minimum Gasteiger partial charge on any atom is -0.289 e. The molecule has 1 aromatic heterocycles. The van der Waals surface area contributed by atoms with Crippen LogP contribution in [0.3, 0.4) is 0 Å². The van der Waals surface area contributed by atoms with Gasteiger partial charge in [-0.25, -0.2) is 9.36 Å². The highest BCUT2D eigenvalue weighted by Gasteiger charge is 2.37. The smallest absolute Gasteiger partial charge is 0.196 e. The maximum atomic E-state index is 15.3. The van der Waals surface area contributed by atoms with E-state index < -0.39 is 0 Å². The number of fused-ring (bicyclic) bond motifs is 9. The van der Waals surface area contributed by atoms with Gasteiger partial charge in [-0.1, -0.05) is 133 Å². The van der Waals surface area contributed by atoms with Crippen LogP contribution in [0.1, 0.15) is 63.7 Å². The Bertz CT molecular complexity index is 4700. The number of aromatic nitrogens is 2. The quantitative estimate of drug-likeness (QED) is 0.126. The van der Waals surface area contributed by atoms with Crippen molar-refractivity contribution in [3.05, 3.63) is 235 Å². The second kappa shape index (κ2) is 12.7. The lowest BCUT2D eigenvalue weighted by Crippen LogP contribution is -2.27. The standard InChI is InChI=1S/C62H28N2O6/c65-57-33-13-3-1-11-29(33)43-27-47-55-53-31(23-25-41(57)49(43)53)32-24-26-42-50-44(30-12-2-4-14-34(30)58(42)66)28-48(56(55)54(32)50)64(46-22-10-20-40-52(46)62(70)38-18-8-6-16-36(38)60(40)68)63(47)45-21-9-19-39-51(45)61(69)37-17-7-5-15-35(37)59(39)67/h1-28H. The molecule has 0 unspecified atom stereocenters. The van der Waals surface area contributed by atoms with Crippen LogP contribution in [0.25, 0.3) is 109 Å². The molecule has 8 nitrogen and oxygen atoms in total. The predicted molar refractivity (Wildman–Crippen MR) is 275 cm³/mol. The number of carbonyl (C=O) groups is 4. The van der Waals surface area contributed by atoms with Crippen molar-refractivity contribution in [1.82, 2.24) is 9.36 Å². The molecular formula is C62H28N2O6. The van der Waals surface area contributed by atoms with Crippen LogP contribution in [-0.2, 0) is 0 Å². The second-order valence-corrected chi connectivity index (χ2v) is 18.6. The summed E-state index contributed by atoms with van der Waals surface area (Å²) in [4.78, 5) is 89.2. The first-order chi connectivity index (χ1) is 34.3. The van der Waals surface area contributed by atoms with Crippen molar-refractivity contribution < 1.29 is 19.2 Å². The summed E-state index contributed by atoms with van der Waals surface area (Å²) in [5.41, 5.74) is 3.73. The highest BCUT2D eigenvalue weighted by Crippen LogP contribution is 2.52. The Labute approximate surface area is 393 Å². The van der Waals surface area contributed by atoms with Crippen molar-refractivity contribution in [3.8, 4) is 11.4 Å². The number of rotatable bonds is 2. The van der Waals surface area contributed by atoms with Crippen molar-refractivity contribution in [3.63, 3.8) is 0 Å². The summed E-state index contributed by atoms with van der Waals surface area (Å²) in [6.07, 6.45) is 0. The van der Waals surface area contributed by atoms with Crippen molar-refractivity contribution in [2.75, 3.05) is 0 Å². The third kappa shape index (κ3) is 4.25. The molecule has 13 aromatic carbocycles. The second-order valence-electron chi connectivity index (χ2n) is 18.6. The molecule has 0 amide bonds. The van der Waals surface area contributed by atoms with E-state index in [0.717, 1.165) is 64.6 Å². The largest absolute Gasteiger partial charge is 0.289 e. The molecule has 0 radical (unpaired) electrons. The van der Waals surface area contributed by atoms with Gasteiger partial charge in [-0.15, -0.1) is 0 Å². The average molecular weight is 897 g/mol. The molecule has 0 saturated carbocycles. The van der Waals surface area contributed by atoms with Crippen LogP contribution >= 0.6 is 0 Å². The van der Waals surface area contributed by atoms with Gasteiger partial charge in [0, 0.05) is 87.2 Å². The van der Waals surface area contributed by atoms with Crippen LogP contribution in [0.15, 0.2) is 179 Å². The summed E-state index contributed by atoms with van der Waals surface area (Å²) in [6, 6.07) is 51.4. The molecule has 0 atom stereocenters. The Balaban J connectivity index is 1.24. The first-order valence-corrected chi connectivity index (χ1v) is 23.1. The van der Waals surface area contributed by atoms with Gasteiger partial charge in [-0.2, -0.15) is 0 Å². The number of hydrogen-bond donors (Lipinski definition) is 0. The van der Waals surface area contributed by atoms with E-state index in [4.69, 9.17) is 0 Å². The summed E-state index contributed by atoms with van der Waals surface area (Å²) in [5.74, 6) is -1.28. The summed E-state index contributed by atoms with van der Waals surface area (Å²) < 4.78 is 3.89. The average Bonchev–Trinajstić information content (AvgIpc) is 3.41. The van der Waals surface area contributed by atoms with E-state index in [9.17, 15) is 19.2 Å². The molecule has 2 aliphatic rings. The number of ketones is 4. The van der Waals surface area contributed by atoms with Gasteiger partial charge in [0.2, 0.25) is 0 Å². The van der Waals surface area contributed by atoms with Gasteiger partial charge in [0.05, 0.1) is 33.5 Å². The SMILES string of the molecule is O=C1c2ccccc2C(=O)c2c1cccc2-n1c2cc3c4ccccc4c(=O)c4ccc5c6ccc7c(=O)c8ccccc8c8cc(c(c6c78)c2c5c43)n1-c1cccc2c1C(=O)c1ccccc1C2=O. The molecule has 0 aliphatic heterocycles. The molecule has 0 bridgehead atoms. The topological polar surface area (TPSA) is 112 Å². The molecule has 322 valence electrons. The van der Waals surface area contributed by atoms with E-state index >= 15 is 9.59 Å². The van der Waals surface area contributed by atoms with Crippen LogP contribution in [0.4, 0.5) is 0 Å². The van der Waals surface area contributed by atoms with Gasteiger partial charge >= 0.3 is 0 Å². The zero-order valence-electron chi connectivity index (χ0n) is 36.5. The number of benzene rings is 13. The van der Waals surface area contributed by atoms with Gasteiger partial charge in [0.25, 0.3) is 0 Å². The fraction of sp³-hybridized carbons (Fsp3) is 0. The summed E-state index contributed by atoms with van der Waals surface area (Å²) in [7, 11) is 0. The molecule has 0 N–H and O–H groups in total. The molecule has 16 rings (SSSR count). The minimum absolute atomic E-state index is 0.0957. The van der Waals surface area contributed by atoms with E-state index in [1.54, 1.807) is 72.8 Å². The van der Waals surface area contributed by atoms with E-state index in [1.807, 2.05) is 94.3 Å². The van der Waals surface area contributed by atoms with Crippen LogP contribution < -0.4 is 10.9 Å². The van der Waals surface area contributed by atoms with Gasteiger partial charge in [0.1, 0.15) is 0 Å². The fourth-order valence-electron chi connectivity index (χ4n) is 12.6.